The maximum absolute atomic E-state index is 6.31. The Labute approximate surface area is 196 Å². The smallest absolute Gasteiger partial charge is 0.247 e. The van der Waals surface area contributed by atoms with Gasteiger partial charge in [0, 0.05) is 22.6 Å². The molecular formula is C26H22N4O2S. The summed E-state index contributed by atoms with van der Waals surface area (Å²) in [4.78, 5) is 4.62. The fourth-order valence-corrected chi connectivity index (χ4v) is 3.99. The third-order valence-electron chi connectivity index (χ3n) is 5.10. The molecule has 0 saturated carbocycles. The number of fused-ring (bicyclic) bond motifs is 3. The summed E-state index contributed by atoms with van der Waals surface area (Å²) in [6, 6.07) is 25.9. The van der Waals surface area contributed by atoms with Crippen LogP contribution in [0.3, 0.4) is 0 Å². The number of para-hydroxylation sites is 1. The highest BCUT2D eigenvalue weighted by molar-refractivity contribution is 7.99. The molecule has 3 aromatic carbocycles. The van der Waals surface area contributed by atoms with Crippen LogP contribution in [0.2, 0.25) is 0 Å². The molecule has 1 aromatic heterocycles. The van der Waals surface area contributed by atoms with E-state index in [-0.39, 0.29) is 0 Å². The van der Waals surface area contributed by atoms with Gasteiger partial charge in [-0.1, -0.05) is 66.4 Å². The summed E-state index contributed by atoms with van der Waals surface area (Å²) in [5.41, 5.74) is 4.50. The second kappa shape index (κ2) is 9.75. The van der Waals surface area contributed by atoms with Gasteiger partial charge in [0.2, 0.25) is 11.0 Å². The first-order valence-electron chi connectivity index (χ1n) is 10.6. The number of benzene rings is 3. The van der Waals surface area contributed by atoms with Gasteiger partial charge in [0.1, 0.15) is 12.4 Å². The average Bonchev–Trinajstić information content (AvgIpc) is 3.03. The summed E-state index contributed by atoms with van der Waals surface area (Å²) in [5.74, 6) is 1.94. The minimum absolute atomic E-state index is 0.440. The number of thioether (sulfide) groups is 1. The molecule has 0 fully saturated rings. The van der Waals surface area contributed by atoms with Crippen molar-refractivity contribution in [2.24, 2.45) is 0 Å². The molecule has 0 bridgehead atoms. The summed E-state index contributed by atoms with van der Waals surface area (Å²) in [6.07, 6.45) is 1.37. The summed E-state index contributed by atoms with van der Waals surface area (Å²) in [7, 11) is 0. The lowest BCUT2D eigenvalue weighted by Crippen LogP contribution is -2.17. The van der Waals surface area contributed by atoms with E-state index in [4.69, 9.17) is 9.47 Å². The predicted molar refractivity (Wildman–Crippen MR) is 130 cm³/mol. The minimum Gasteiger partial charge on any atom is -0.489 e. The van der Waals surface area contributed by atoms with E-state index >= 15 is 0 Å². The van der Waals surface area contributed by atoms with E-state index in [2.05, 4.69) is 27.1 Å². The molecule has 33 heavy (non-hydrogen) atoms. The van der Waals surface area contributed by atoms with Gasteiger partial charge >= 0.3 is 0 Å². The standard InChI is InChI=1S/C26H22N4O2S/c1-2-16-33-26-28-25-23(29-30-26)21-10-6-7-11-22(21)27-24(32-25)19-12-14-20(15-13-19)31-17-18-8-4-3-5-9-18/h2-15,24,27H,1,16-17H2/t24-/m0/s1. The van der Waals surface area contributed by atoms with Gasteiger partial charge in [-0.05, 0) is 35.9 Å². The highest BCUT2D eigenvalue weighted by Gasteiger charge is 2.26. The molecule has 0 amide bonds. The molecule has 4 aromatic rings. The van der Waals surface area contributed by atoms with Crippen molar-refractivity contribution >= 4 is 17.4 Å². The average molecular weight is 455 g/mol. The number of anilines is 1. The molecule has 1 aliphatic rings. The molecule has 6 nitrogen and oxygen atoms in total. The highest BCUT2D eigenvalue weighted by atomic mass is 32.2. The third kappa shape index (κ3) is 4.83. The molecule has 1 aliphatic heterocycles. The van der Waals surface area contributed by atoms with Crippen molar-refractivity contribution in [1.82, 2.24) is 15.2 Å². The number of rotatable bonds is 7. The molecular weight excluding hydrogens is 432 g/mol. The predicted octanol–water partition coefficient (Wildman–Crippen LogP) is 5.90. The first-order chi connectivity index (χ1) is 16.3. The van der Waals surface area contributed by atoms with Crippen LogP contribution >= 0.6 is 11.8 Å². The Morgan fingerprint density at radius 1 is 0.970 bits per heavy atom. The van der Waals surface area contributed by atoms with Crippen LogP contribution in [0.5, 0.6) is 11.6 Å². The normalized spacial score (nSPS) is 14.1. The van der Waals surface area contributed by atoms with E-state index in [0.717, 1.165) is 28.1 Å². The third-order valence-corrected chi connectivity index (χ3v) is 5.93. The highest BCUT2D eigenvalue weighted by Crippen LogP contribution is 2.39. The van der Waals surface area contributed by atoms with E-state index in [1.807, 2.05) is 84.9 Å². The number of aromatic nitrogens is 3. The van der Waals surface area contributed by atoms with Gasteiger partial charge in [0.15, 0.2) is 11.9 Å². The van der Waals surface area contributed by atoms with Crippen molar-refractivity contribution in [2.75, 3.05) is 11.1 Å². The zero-order valence-electron chi connectivity index (χ0n) is 17.8. The zero-order chi connectivity index (χ0) is 22.5. The Bertz CT molecular complexity index is 1250. The molecule has 1 N–H and O–H groups in total. The van der Waals surface area contributed by atoms with Crippen molar-refractivity contribution in [3.05, 3.63) is 103 Å². The summed E-state index contributed by atoms with van der Waals surface area (Å²) < 4.78 is 12.2. The van der Waals surface area contributed by atoms with Gasteiger partial charge in [0.05, 0.1) is 0 Å². The quantitative estimate of drug-likeness (QED) is 0.275. The van der Waals surface area contributed by atoms with E-state index in [1.165, 1.54) is 11.8 Å². The van der Waals surface area contributed by atoms with Crippen LogP contribution in [0.15, 0.2) is 96.7 Å². The second-order valence-electron chi connectivity index (χ2n) is 7.38. The van der Waals surface area contributed by atoms with Gasteiger partial charge in [-0.25, -0.2) is 0 Å². The molecule has 0 aliphatic carbocycles. The van der Waals surface area contributed by atoms with E-state index in [0.29, 0.717) is 29.1 Å². The van der Waals surface area contributed by atoms with Gasteiger partial charge < -0.3 is 14.8 Å². The number of hydrogen-bond acceptors (Lipinski definition) is 7. The number of nitrogens with one attached hydrogen (secondary N) is 1. The van der Waals surface area contributed by atoms with Crippen LogP contribution < -0.4 is 14.8 Å². The van der Waals surface area contributed by atoms with Gasteiger partial charge in [-0.2, -0.15) is 4.98 Å². The van der Waals surface area contributed by atoms with Crippen LogP contribution in [-0.4, -0.2) is 20.9 Å². The van der Waals surface area contributed by atoms with Gasteiger partial charge in [-0.15, -0.1) is 16.8 Å². The molecule has 164 valence electrons. The first kappa shape index (κ1) is 21.0. The lowest BCUT2D eigenvalue weighted by Gasteiger charge is -2.19. The van der Waals surface area contributed by atoms with Crippen LogP contribution in [0.1, 0.15) is 17.4 Å². The monoisotopic (exact) mass is 454 g/mol. The Morgan fingerprint density at radius 3 is 2.58 bits per heavy atom. The number of hydrogen-bond donors (Lipinski definition) is 1. The maximum Gasteiger partial charge on any atom is 0.247 e. The van der Waals surface area contributed by atoms with Crippen molar-refractivity contribution in [3.8, 4) is 22.9 Å². The molecule has 5 rings (SSSR count). The second-order valence-corrected chi connectivity index (χ2v) is 8.37. The minimum atomic E-state index is -0.440. The number of nitrogens with zero attached hydrogens (tertiary/aromatic N) is 3. The van der Waals surface area contributed by atoms with Crippen LogP contribution in [0.4, 0.5) is 5.69 Å². The van der Waals surface area contributed by atoms with Gasteiger partial charge in [0.25, 0.3) is 0 Å². The maximum atomic E-state index is 6.31. The zero-order valence-corrected chi connectivity index (χ0v) is 18.7. The Morgan fingerprint density at radius 2 is 1.76 bits per heavy atom. The first-order valence-corrected chi connectivity index (χ1v) is 11.6. The lowest BCUT2D eigenvalue weighted by molar-refractivity contribution is 0.225. The molecule has 0 saturated heterocycles. The van der Waals surface area contributed by atoms with Crippen molar-refractivity contribution < 1.29 is 9.47 Å². The Hall–Kier alpha value is -3.84. The molecule has 2 heterocycles. The topological polar surface area (TPSA) is 69.2 Å². The Kier molecular flexibility index (Phi) is 6.21. The molecule has 0 unspecified atom stereocenters. The summed E-state index contributed by atoms with van der Waals surface area (Å²) in [6.45, 7) is 4.27. The largest absolute Gasteiger partial charge is 0.489 e. The van der Waals surface area contributed by atoms with Crippen molar-refractivity contribution in [2.45, 2.75) is 18.0 Å². The summed E-state index contributed by atoms with van der Waals surface area (Å²) in [5, 5.41) is 12.7. The lowest BCUT2D eigenvalue weighted by atomic mass is 10.1. The van der Waals surface area contributed by atoms with E-state index < -0.39 is 6.23 Å². The van der Waals surface area contributed by atoms with Crippen LogP contribution in [0, 0.1) is 0 Å². The molecule has 7 heteroatoms. The molecule has 0 spiro atoms. The van der Waals surface area contributed by atoms with Crippen molar-refractivity contribution in [1.29, 1.82) is 0 Å². The van der Waals surface area contributed by atoms with E-state index in [1.54, 1.807) is 0 Å². The number of ether oxygens (including phenoxy) is 2. The SMILES string of the molecule is C=CCSc1nnc2c(n1)O[C@@H](c1ccc(OCc3ccccc3)cc1)Nc1ccccc1-2. The molecule has 1 atom stereocenters. The van der Waals surface area contributed by atoms with E-state index in [9.17, 15) is 0 Å². The Balaban J connectivity index is 1.40. The van der Waals surface area contributed by atoms with Crippen molar-refractivity contribution in [3.63, 3.8) is 0 Å². The van der Waals surface area contributed by atoms with Crippen LogP contribution in [0.25, 0.3) is 11.3 Å². The van der Waals surface area contributed by atoms with Crippen LogP contribution in [-0.2, 0) is 6.61 Å². The van der Waals surface area contributed by atoms with Gasteiger partial charge in [-0.3, -0.25) is 0 Å². The fourth-order valence-electron chi connectivity index (χ4n) is 3.47. The summed E-state index contributed by atoms with van der Waals surface area (Å²) >= 11 is 1.46. The molecule has 0 radical (unpaired) electrons. The fraction of sp³-hybridized carbons (Fsp3) is 0.115.